The van der Waals surface area contributed by atoms with Crippen molar-refractivity contribution in [1.82, 2.24) is 0 Å². The van der Waals surface area contributed by atoms with E-state index in [0.29, 0.717) is 13.0 Å². The fourth-order valence-electron chi connectivity index (χ4n) is 1.21. The van der Waals surface area contributed by atoms with Gasteiger partial charge in [0.05, 0.1) is 6.10 Å². The second-order valence-electron chi connectivity index (χ2n) is 3.81. The van der Waals surface area contributed by atoms with Gasteiger partial charge in [-0.2, -0.15) is 0 Å². The van der Waals surface area contributed by atoms with Crippen molar-refractivity contribution in [3.8, 4) is 0 Å². The molecule has 0 aliphatic carbocycles. The van der Waals surface area contributed by atoms with Crippen LogP contribution in [0.3, 0.4) is 0 Å². The molecule has 0 N–H and O–H groups in total. The molecule has 0 radical (unpaired) electrons. The molecule has 0 amide bonds. The number of ether oxygens (including phenoxy) is 1. The van der Waals surface area contributed by atoms with Gasteiger partial charge in [-0.3, -0.25) is 4.79 Å². The van der Waals surface area contributed by atoms with Gasteiger partial charge in [0.1, 0.15) is 0 Å². The van der Waals surface area contributed by atoms with Crippen molar-refractivity contribution in [2.75, 3.05) is 6.61 Å². The lowest BCUT2D eigenvalue weighted by atomic mass is 10.3. The van der Waals surface area contributed by atoms with Crippen molar-refractivity contribution in [1.29, 1.82) is 0 Å². The molecule has 0 aliphatic heterocycles. The van der Waals surface area contributed by atoms with E-state index in [-0.39, 0.29) is 11.2 Å². The average Bonchev–Trinajstić information content (AvgIpc) is 2.25. The highest BCUT2D eigenvalue weighted by atomic mass is 32.2. The highest BCUT2D eigenvalue weighted by Crippen LogP contribution is 2.19. The quantitative estimate of drug-likeness (QED) is 0.560. The molecule has 1 aromatic rings. The molecule has 0 saturated heterocycles. The maximum absolute atomic E-state index is 11.6. The Balaban J connectivity index is 2.17. The van der Waals surface area contributed by atoms with Gasteiger partial charge in [0, 0.05) is 17.9 Å². The van der Waals surface area contributed by atoms with Crippen LogP contribution in [-0.4, -0.2) is 17.8 Å². The summed E-state index contributed by atoms with van der Waals surface area (Å²) in [5.41, 5.74) is 0. The van der Waals surface area contributed by atoms with Gasteiger partial charge < -0.3 is 4.74 Å². The standard InChI is InChI=1S/C13H18O2S/c1-11(2)15-10-6-9-13(14)16-12-7-4-3-5-8-12/h3-5,7-8,11H,6,9-10H2,1-2H3. The molecule has 3 heteroatoms. The molecule has 1 rings (SSSR count). The molecule has 0 atom stereocenters. The molecule has 16 heavy (non-hydrogen) atoms. The van der Waals surface area contributed by atoms with E-state index in [1.807, 2.05) is 44.2 Å². The van der Waals surface area contributed by atoms with Crippen molar-refractivity contribution in [2.24, 2.45) is 0 Å². The smallest absolute Gasteiger partial charge is 0.193 e. The summed E-state index contributed by atoms with van der Waals surface area (Å²) >= 11 is 1.31. The molecular formula is C13H18O2S. The zero-order valence-electron chi connectivity index (χ0n) is 9.81. The number of hydrogen-bond acceptors (Lipinski definition) is 3. The van der Waals surface area contributed by atoms with E-state index in [2.05, 4.69) is 0 Å². The summed E-state index contributed by atoms with van der Waals surface area (Å²) in [6, 6.07) is 9.74. The Kier molecular flexibility index (Phi) is 6.19. The zero-order valence-corrected chi connectivity index (χ0v) is 10.6. The molecule has 1 aromatic carbocycles. The summed E-state index contributed by atoms with van der Waals surface area (Å²) in [4.78, 5) is 12.6. The average molecular weight is 238 g/mol. The predicted octanol–water partition coefficient (Wildman–Crippen LogP) is 3.51. The molecule has 0 spiro atoms. The fraction of sp³-hybridized carbons (Fsp3) is 0.462. The molecule has 0 bridgehead atoms. The molecule has 88 valence electrons. The van der Waals surface area contributed by atoms with Gasteiger partial charge in [-0.1, -0.05) is 30.0 Å². The van der Waals surface area contributed by atoms with Crippen molar-refractivity contribution >= 4 is 16.9 Å². The Labute approximate surface area is 101 Å². The lowest BCUT2D eigenvalue weighted by molar-refractivity contribution is -0.111. The molecule has 0 heterocycles. The molecule has 0 fully saturated rings. The van der Waals surface area contributed by atoms with Crippen molar-refractivity contribution < 1.29 is 9.53 Å². The second kappa shape index (κ2) is 7.47. The minimum absolute atomic E-state index is 0.207. The van der Waals surface area contributed by atoms with Crippen LogP contribution in [-0.2, 0) is 9.53 Å². The van der Waals surface area contributed by atoms with Crippen molar-refractivity contribution in [3.05, 3.63) is 30.3 Å². The molecular weight excluding hydrogens is 220 g/mol. The van der Waals surface area contributed by atoms with E-state index in [9.17, 15) is 4.79 Å². The Morgan fingerprint density at radius 2 is 2.00 bits per heavy atom. The molecule has 0 unspecified atom stereocenters. The monoisotopic (exact) mass is 238 g/mol. The fourth-order valence-corrected chi connectivity index (χ4v) is 2.01. The Bertz CT molecular complexity index is 309. The first-order chi connectivity index (χ1) is 7.68. The summed E-state index contributed by atoms with van der Waals surface area (Å²) in [5.74, 6) is 0. The van der Waals surface area contributed by atoms with Gasteiger partial charge >= 0.3 is 0 Å². The van der Waals surface area contributed by atoms with Crippen LogP contribution in [0.4, 0.5) is 0 Å². The second-order valence-corrected chi connectivity index (χ2v) is 4.94. The first-order valence-corrected chi connectivity index (χ1v) is 6.37. The van der Waals surface area contributed by atoms with Crippen LogP contribution in [0.2, 0.25) is 0 Å². The zero-order chi connectivity index (χ0) is 11.8. The largest absolute Gasteiger partial charge is 0.379 e. The predicted molar refractivity (Wildman–Crippen MR) is 67.6 cm³/mol. The van der Waals surface area contributed by atoms with E-state index in [1.54, 1.807) is 0 Å². The lowest BCUT2D eigenvalue weighted by Gasteiger charge is -2.06. The van der Waals surface area contributed by atoms with Gasteiger partial charge in [-0.05, 0) is 32.4 Å². The van der Waals surface area contributed by atoms with Crippen LogP contribution < -0.4 is 0 Å². The van der Waals surface area contributed by atoms with E-state index in [0.717, 1.165) is 11.3 Å². The summed E-state index contributed by atoms with van der Waals surface area (Å²) in [6.45, 7) is 4.67. The van der Waals surface area contributed by atoms with Crippen molar-refractivity contribution in [2.45, 2.75) is 37.7 Å². The molecule has 0 aromatic heterocycles. The van der Waals surface area contributed by atoms with Crippen LogP contribution >= 0.6 is 11.8 Å². The number of hydrogen-bond donors (Lipinski definition) is 0. The summed E-state index contributed by atoms with van der Waals surface area (Å²) in [5, 5.41) is 0.207. The maximum Gasteiger partial charge on any atom is 0.193 e. The van der Waals surface area contributed by atoms with Gasteiger partial charge in [-0.15, -0.1) is 0 Å². The van der Waals surface area contributed by atoms with Gasteiger partial charge in [-0.25, -0.2) is 0 Å². The Hall–Kier alpha value is -0.800. The van der Waals surface area contributed by atoms with E-state index in [1.165, 1.54) is 11.8 Å². The Morgan fingerprint density at radius 3 is 2.62 bits per heavy atom. The third-order valence-corrected chi connectivity index (χ3v) is 2.89. The highest BCUT2D eigenvalue weighted by Gasteiger charge is 2.04. The van der Waals surface area contributed by atoms with Crippen LogP contribution in [0.1, 0.15) is 26.7 Å². The molecule has 0 aliphatic rings. The maximum atomic E-state index is 11.6. The lowest BCUT2D eigenvalue weighted by Crippen LogP contribution is -2.05. The van der Waals surface area contributed by atoms with Crippen LogP contribution in [0, 0.1) is 0 Å². The third-order valence-electron chi connectivity index (χ3n) is 1.95. The summed E-state index contributed by atoms with van der Waals surface area (Å²) in [6.07, 6.45) is 1.63. The molecule has 0 saturated carbocycles. The number of carbonyl (C=O) groups is 1. The first kappa shape index (κ1) is 13.3. The van der Waals surface area contributed by atoms with Gasteiger partial charge in [0.15, 0.2) is 5.12 Å². The van der Waals surface area contributed by atoms with E-state index < -0.39 is 0 Å². The van der Waals surface area contributed by atoms with Crippen LogP contribution in [0.15, 0.2) is 35.2 Å². The minimum Gasteiger partial charge on any atom is -0.379 e. The van der Waals surface area contributed by atoms with Crippen LogP contribution in [0.25, 0.3) is 0 Å². The summed E-state index contributed by atoms with van der Waals surface area (Å²) in [7, 11) is 0. The number of rotatable bonds is 6. The number of carbonyl (C=O) groups excluding carboxylic acids is 1. The SMILES string of the molecule is CC(C)OCCCC(=O)Sc1ccccc1. The topological polar surface area (TPSA) is 26.3 Å². The Morgan fingerprint density at radius 1 is 1.31 bits per heavy atom. The molecule has 2 nitrogen and oxygen atoms in total. The van der Waals surface area contributed by atoms with Gasteiger partial charge in [0.25, 0.3) is 0 Å². The minimum atomic E-state index is 0.207. The van der Waals surface area contributed by atoms with E-state index >= 15 is 0 Å². The van der Waals surface area contributed by atoms with Crippen molar-refractivity contribution in [3.63, 3.8) is 0 Å². The normalized spacial score (nSPS) is 10.7. The summed E-state index contributed by atoms with van der Waals surface area (Å²) < 4.78 is 5.38. The third kappa shape index (κ3) is 5.93. The van der Waals surface area contributed by atoms with E-state index in [4.69, 9.17) is 4.74 Å². The number of benzene rings is 1. The number of thioether (sulfide) groups is 1. The highest BCUT2D eigenvalue weighted by molar-refractivity contribution is 8.13. The van der Waals surface area contributed by atoms with Crippen LogP contribution in [0.5, 0.6) is 0 Å². The van der Waals surface area contributed by atoms with Gasteiger partial charge in [0.2, 0.25) is 0 Å². The first-order valence-electron chi connectivity index (χ1n) is 5.56.